The maximum Gasteiger partial charge on any atom is 0.251 e. The fourth-order valence-electron chi connectivity index (χ4n) is 2.46. The highest BCUT2D eigenvalue weighted by atomic mass is 16.1. The van der Waals surface area contributed by atoms with Gasteiger partial charge in [-0.25, -0.2) is 0 Å². The first-order valence-electron chi connectivity index (χ1n) is 6.67. The maximum absolute atomic E-state index is 12.3. The van der Waals surface area contributed by atoms with Crippen LogP contribution in [0.2, 0.25) is 0 Å². The van der Waals surface area contributed by atoms with Crippen LogP contribution >= 0.6 is 0 Å². The highest BCUT2D eigenvalue weighted by Gasteiger charge is 2.23. The van der Waals surface area contributed by atoms with E-state index in [2.05, 4.69) is 17.6 Å². The number of hydrogen-bond acceptors (Lipinski definition) is 2. The van der Waals surface area contributed by atoms with Crippen LogP contribution in [0.15, 0.2) is 18.2 Å². The minimum absolute atomic E-state index is 0.0648. The Kier molecular flexibility index (Phi) is 4.02. The zero-order chi connectivity index (χ0) is 13.1. The summed E-state index contributed by atoms with van der Waals surface area (Å²) in [5, 5.41) is 6.52. The Bertz CT molecular complexity index is 442. The van der Waals surface area contributed by atoms with Crippen LogP contribution in [0.4, 0.5) is 0 Å². The van der Waals surface area contributed by atoms with Crippen LogP contribution in [0.25, 0.3) is 0 Å². The van der Waals surface area contributed by atoms with Crippen LogP contribution in [0.1, 0.15) is 34.8 Å². The molecule has 2 atom stereocenters. The van der Waals surface area contributed by atoms with Gasteiger partial charge in [-0.05, 0) is 50.9 Å². The van der Waals surface area contributed by atoms with Gasteiger partial charge in [0.05, 0.1) is 0 Å². The molecule has 0 aliphatic carbocycles. The molecule has 2 rings (SSSR count). The fraction of sp³-hybridized carbons (Fsp3) is 0.533. The summed E-state index contributed by atoms with van der Waals surface area (Å²) >= 11 is 0. The lowest BCUT2D eigenvalue weighted by atomic mass is 9.94. The Morgan fingerprint density at radius 3 is 2.89 bits per heavy atom. The summed E-state index contributed by atoms with van der Waals surface area (Å²) < 4.78 is 0. The van der Waals surface area contributed by atoms with E-state index in [9.17, 15) is 4.79 Å². The Labute approximate surface area is 109 Å². The van der Waals surface area contributed by atoms with Gasteiger partial charge in [0.15, 0.2) is 0 Å². The Morgan fingerprint density at radius 1 is 1.39 bits per heavy atom. The predicted octanol–water partition coefficient (Wildman–Crippen LogP) is 2.03. The van der Waals surface area contributed by atoms with Crippen LogP contribution in [0, 0.1) is 19.8 Å². The lowest BCUT2D eigenvalue weighted by molar-refractivity contribution is 0.0913. The highest BCUT2D eigenvalue weighted by molar-refractivity contribution is 5.96. The van der Waals surface area contributed by atoms with Crippen molar-refractivity contribution in [2.45, 2.75) is 33.2 Å². The number of carbonyl (C=O) groups excluding carboxylic acids is 1. The summed E-state index contributed by atoms with van der Waals surface area (Å²) in [6, 6.07) is 6.31. The van der Waals surface area contributed by atoms with Crippen molar-refractivity contribution < 1.29 is 4.79 Å². The maximum atomic E-state index is 12.3. The molecule has 1 aromatic rings. The van der Waals surface area contributed by atoms with Crippen LogP contribution in [-0.2, 0) is 0 Å². The third kappa shape index (κ3) is 2.91. The SMILES string of the molecule is Cc1ccc(C)c(C(=O)NC2CCNCC2C)c1. The van der Waals surface area contributed by atoms with E-state index in [4.69, 9.17) is 0 Å². The van der Waals surface area contributed by atoms with Crippen LogP contribution in [0.5, 0.6) is 0 Å². The van der Waals surface area contributed by atoms with Crippen molar-refractivity contribution in [1.82, 2.24) is 10.6 Å². The van der Waals surface area contributed by atoms with Crippen molar-refractivity contribution >= 4 is 5.91 Å². The molecule has 98 valence electrons. The summed E-state index contributed by atoms with van der Waals surface area (Å²) in [5.74, 6) is 0.558. The van der Waals surface area contributed by atoms with Gasteiger partial charge in [-0.1, -0.05) is 24.6 Å². The number of hydrogen-bond donors (Lipinski definition) is 2. The molecule has 1 aliphatic heterocycles. The van der Waals surface area contributed by atoms with Gasteiger partial charge >= 0.3 is 0 Å². The molecule has 0 bridgehead atoms. The lowest BCUT2D eigenvalue weighted by Crippen LogP contribution is -2.48. The minimum atomic E-state index is 0.0648. The summed E-state index contributed by atoms with van der Waals surface area (Å²) in [5.41, 5.74) is 2.98. The zero-order valence-electron chi connectivity index (χ0n) is 11.4. The van der Waals surface area contributed by atoms with E-state index in [1.54, 1.807) is 0 Å². The van der Waals surface area contributed by atoms with Gasteiger partial charge in [0.2, 0.25) is 0 Å². The average molecular weight is 246 g/mol. The molecule has 0 radical (unpaired) electrons. The monoisotopic (exact) mass is 246 g/mol. The molecule has 1 aliphatic rings. The number of rotatable bonds is 2. The molecule has 1 heterocycles. The normalized spacial score (nSPS) is 23.7. The predicted molar refractivity (Wildman–Crippen MR) is 73.8 cm³/mol. The van der Waals surface area contributed by atoms with Crippen molar-refractivity contribution in [3.05, 3.63) is 34.9 Å². The number of benzene rings is 1. The molecule has 0 aromatic heterocycles. The number of piperidine rings is 1. The molecule has 0 spiro atoms. The molecule has 0 saturated carbocycles. The topological polar surface area (TPSA) is 41.1 Å². The number of aryl methyl sites for hydroxylation is 2. The molecule has 1 saturated heterocycles. The van der Waals surface area contributed by atoms with E-state index in [0.29, 0.717) is 12.0 Å². The molecule has 2 N–H and O–H groups in total. The van der Waals surface area contributed by atoms with Gasteiger partial charge < -0.3 is 10.6 Å². The molecule has 1 fully saturated rings. The summed E-state index contributed by atoms with van der Waals surface area (Å²) in [6.45, 7) is 8.16. The molecular weight excluding hydrogens is 224 g/mol. The molecule has 2 unspecified atom stereocenters. The highest BCUT2D eigenvalue weighted by Crippen LogP contribution is 2.14. The van der Waals surface area contributed by atoms with Gasteiger partial charge in [-0.3, -0.25) is 4.79 Å². The van der Waals surface area contributed by atoms with Crippen LogP contribution in [-0.4, -0.2) is 25.0 Å². The number of nitrogens with one attached hydrogen (secondary N) is 2. The summed E-state index contributed by atoms with van der Waals surface area (Å²) in [7, 11) is 0. The van der Waals surface area contributed by atoms with Crippen molar-refractivity contribution in [3.8, 4) is 0 Å². The van der Waals surface area contributed by atoms with Crippen molar-refractivity contribution in [1.29, 1.82) is 0 Å². The third-order valence-corrected chi connectivity index (χ3v) is 3.74. The first-order chi connectivity index (χ1) is 8.58. The molecule has 3 heteroatoms. The first kappa shape index (κ1) is 13.1. The standard InChI is InChI=1S/C15H22N2O/c1-10-4-5-11(2)13(8-10)15(18)17-14-6-7-16-9-12(14)3/h4-5,8,12,14,16H,6-7,9H2,1-3H3,(H,17,18). The molecule has 18 heavy (non-hydrogen) atoms. The van der Waals surface area contributed by atoms with Gasteiger partial charge in [-0.2, -0.15) is 0 Å². The van der Waals surface area contributed by atoms with E-state index in [1.165, 1.54) is 0 Å². The van der Waals surface area contributed by atoms with E-state index in [0.717, 1.165) is 36.2 Å². The average Bonchev–Trinajstić information content (AvgIpc) is 2.35. The van der Waals surface area contributed by atoms with E-state index in [-0.39, 0.29) is 5.91 Å². The van der Waals surface area contributed by atoms with Gasteiger partial charge in [0.1, 0.15) is 0 Å². The van der Waals surface area contributed by atoms with Gasteiger partial charge in [0, 0.05) is 11.6 Å². The Morgan fingerprint density at radius 2 is 2.17 bits per heavy atom. The third-order valence-electron chi connectivity index (χ3n) is 3.74. The fourth-order valence-corrected chi connectivity index (χ4v) is 2.46. The van der Waals surface area contributed by atoms with Crippen LogP contribution < -0.4 is 10.6 Å². The molecule has 3 nitrogen and oxygen atoms in total. The second-order valence-electron chi connectivity index (χ2n) is 5.37. The van der Waals surface area contributed by atoms with E-state index >= 15 is 0 Å². The van der Waals surface area contributed by atoms with E-state index < -0.39 is 0 Å². The van der Waals surface area contributed by atoms with E-state index in [1.807, 2.05) is 32.0 Å². The van der Waals surface area contributed by atoms with Crippen molar-refractivity contribution in [2.24, 2.45) is 5.92 Å². The Balaban J connectivity index is 2.09. The molecular formula is C15H22N2O. The number of carbonyl (C=O) groups is 1. The van der Waals surface area contributed by atoms with Gasteiger partial charge in [-0.15, -0.1) is 0 Å². The second kappa shape index (κ2) is 5.53. The number of amides is 1. The lowest BCUT2D eigenvalue weighted by Gasteiger charge is -2.30. The Hall–Kier alpha value is -1.35. The quantitative estimate of drug-likeness (QED) is 0.838. The first-order valence-corrected chi connectivity index (χ1v) is 6.67. The second-order valence-corrected chi connectivity index (χ2v) is 5.37. The summed E-state index contributed by atoms with van der Waals surface area (Å²) in [6.07, 6.45) is 1.01. The zero-order valence-corrected chi connectivity index (χ0v) is 11.4. The van der Waals surface area contributed by atoms with Gasteiger partial charge in [0.25, 0.3) is 5.91 Å². The minimum Gasteiger partial charge on any atom is -0.349 e. The van der Waals surface area contributed by atoms with Crippen molar-refractivity contribution in [2.75, 3.05) is 13.1 Å². The van der Waals surface area contributed by atoms with Crippen LogP contribution in [0.3, 0.4) is 0 Å². The largest absolute Gasteiger partial charge is 0.349 e. The molecule has 1 amide bonds. The smallest absolute Gasteiger partial charge is 0.251 e. The molecule has 1 aromatic carbocycles. The van der Waals surface area contributed by atoms with Crippen molar-refractivity contribution in [3.63, 3.8) is 0 Å². The summed E-state index contributed by atoms with van der Waals surface area (Å²) in [4.78, 5) is 12.3.